The first-order valence-electron chi connectivity index (χ1n) is 10.7. The van der Waals surface area contributed by atoms with Gasteiger partial charge in [-0.1, -0.05) is 19.3 Å². The summed E-state index contributed by atoms with van der Waals surface area (Å²) in [6.45, 7) is 2.36. The maximum atomic E-state index is 13.0. The lowest BCUT2D eigenvalue weighted by Gasteiger charge is -2.31. The second-order valence-corrected chi connectivity index (χ2v) is 10.2. The third-order valence-electron chi connectivity index (χ3n) is 6.27. The zero-order chi connectivity index (χ0) is 20.3. The molecule has 0 aromatic heterocycles. The Morgan fingerprint density at radius 2 is 1.69 bits per heavy atom. The Hall–Kier alpha value is -1.80. The minimum atomic E-state index is -3.61. The summed E-state index contributed by atoms with van der Waals surface area (Å²) in [6, 6.07) is 4.74. The molecule has 2 fully saturated rings. The van der Waals surface area contributed by atoms with Gasteiger partial charge in [0.15, 0.2) is 11.5 Å². The molecule has 1 aliphatic carbocycles. The molecule has 29 heavy (non-hydrogen) atoms. The lowest BCUT2D eigenvalue weighted by atomic mass is 9.89. The van der Waals surface area contributed by atoms with Gasteiger partial charge in [-0.3, -0.25) is 4.79 Å². The number of nitrogens with one attached hydrogen (secondary N) is 1. The summed E-state index contributed by atoms with van der Waals surface area (Å²) in [5, 5.41) is 3.10. The van der Waals surface area contributed by atoms with Crippen molar-refractivity contribution >= 4 is 15.9 Å². The van der Waals surface area contributed by atoms with E-state index in [-0.39, 0.29) is 16.7 Å². The average molecular weight is 423 g/mol. The van der Waals surface area contributed by atoms with Gasteiger partial charge in [0.2, 0.25) is 15.9 Å². The van der Waals surface area contributed by atoms with Crippen LogP contribution in [0.5, 0.6) is 11.5 Å². The Kier molecular flexibility index (Phi) is 6.29. The maximum absolute atomic E-state index is 13.0. The fourth-order valence-corrected chi connectivity index (χ4v) is 5.96. The van der Waals surface area contributed by atoms with Crippen LogP contribution >= 0.6 is 0 Å². The molecule has 0 atom stereocenters. The molecule has 2 heterocycles. The quantitative estimate of drug-likeness (QED) is 0.788. The van der Waals surface area contributed by atoms with Crippen molar-refractivity contribution in [1.82, 2.24) is 9.62 Å². The Morgan fingerprint density at radius 1 is 1.00 bits per heavy atom. The second-order valence-electron chi connectivity index (χ2n) is 8.23. The van der Waals surface area contributed by atoms with Crippen molar-refractivity contribution in [3.63, 3.8) is 0 Å². The maximum Gasteiger partial charge on any atom is 0.243 e. The second kappa shape index (κ2) is 8.92. The standard InChI is InChI=1S/C21H30N2O5S/c24-21(22-15-16-4-2-1-3-5-16)17-8-10-23(11-9-17)29(25,26)18-6-7-19-20(14-18)28-13-12-27-19/h6-7,14,16-17H,1-5,8-13,15H2,(H,22,24). The SMILES string of the molecule is O=C(NCC1CCCCC1)C1CCN(S(=O)(=O)c2ccc3c(c2)OCCO3)CC1. The van der Waals surface area contributed by atoms with Gasteiger partial charge in [0.1, 0.15) is 13.2 Å². The van der Waals surface area contributed by atoms with Crippen LogP contribution in [-0.2, 0) is 14.8 Å². The van der Waals surface area contributed by atoms with Crippen LogP contribution in [0.3, 0.4) is 0 Å². The van der Waals surface area contributed by atoms with Gasteiger partial charge in [-0.25, -0.2) is 8.42 Å². The highest BCUT2D eigenvalue weighted by Gasteiger charge is 2.33. The fraction of sp³-hybridized carbons (Fsp3) is 0.667. The van der Waals surface area contributed by atoms with Crippen LogP contribution in [0, 0.1) is 11.8 Å². The lowest BCUT2D eigenvalue weighted by Crippen LogP contribution is -2.43. The van der Waals surface area contributed by atoms with Crippen molar-refractivity contribution in [3.05, 3.63) is 18.2 Å². The number of fused-ring (bicyclic) bond motifs is 1. The number of piperidine rings is 1. The highest BCUT2D eigenvalue weighted by Crippen LogP contribution is 2.34. The summed E-state index contributed by atoms with van der Waals surface area (Å²) in [5.74, 6) is 1.61. The van der Waals surface area contributed by atoms with Crippen LogP contribution in [-0.4, -0.2) is 51.5 Å². The topological polar surface area (TPSA) is 84.9 Å². The molecular weight excluding hydrogens is 392 g/mol. The molecular formula is C21H30N2O5S. The number of rotatable bonds is 5. The van der Waals surface area contributed by atoms with Crippen LogP contribution in [0.1, 0.15) is 44.9 Å². The number of benzene rings is 1. The van der Waals surface area contributed by atoms with E-state index in [0.29, 0.717) is 56.6 Å². The van der Waals surface area contributed by atoms with Crippen molar-refractivity contribution in [3.8, 4) is 11.5 Å². The summed E-state index contributed by atoms with van der Waals surface area (Å²) >= 11 is 0. The summed E-state index contributed by atoms with van der Waals surface area (Å²) in [7, 11) is -3.61. The van der Waals surface area contributed by atoms with E-state index in [1.165, 1.54) is 42.5 Å². The number of carbonyl (C=O) groups is 1. The van der Waals surface area contributed by atoms with Gasteiger partial charge in [-0.05, 0) is 43.7 Å². The molecule has 3 aliphatic rings. The number of nitrogens with zero attached hydrogens (tertiary/aromatic N) is 1. The Labute approximate surface area is 172 Å². The molecule has 1 aromatic rings. The van der Waals surface area contributed by atoms with Gasteiger partial charge in [-0.2, -0.15) is 4.31 Å². The van der Waals surface area contributed by atoms with Crippen molar-refractivity contribution in [2.24, 2.45) is 11.8 Å². The van der Waals surface area contributed by atoms with E-state index in [4.69, 9.17) is 9.47 Å². The van der Waals surface area contributed by atoms with E-state index in [0.717, 1.165) is 6.54 Å². The highest BCUT2D eigenvalue weighted by molar-refractivity contribution is 7.89. The molecule has 0 unspecified atom stereocenters. The van der Waals surface area contributed by atoms with Crippen molar-refractivity contribution < 1.29 is 22.7 Å². The average Bonchev–Trinajstić information content (AvgIpc) is 2.78. The molecule has 1 amide bonds. The molecule has 1 saturated carbocycles. The van der Waals surface area contributed by atoms with E-state index in [1.54, 1.807) is 12.1 Å². The smallest absolute Gasteiger partial charge is 0.243 e. The molecule has 2 aliphatic heterocycles. The highest BCUT2D eigenvalue weighted by atomic mass is 32.2. The van der Waals surface area contributed by atoms with Gasteiger partial charge < -0.3 is 14.8 Å². The summed E-state index contributed by atoms with van der Waals surface area (Å²) in [4.78, 5) is 12.7. The summed E-state index contributed by atoms with van der Waals surface area (Å²) in [5.41, 5.74) is 0. The molecule has 4 rings (SSSR count). The predicted molar refractivity (Wildman–Crippen MR) is 108 cm³/mol. The molecule has 0 bridgehead atoms. The Balaban J connectivity index is 1.32. The first-order chi connectivity index (χ1) is 14.0. The van der Waals surface area contributed by atoms with Gasteiger partial charge in [0, 0.05) is 31.6 Å². The van der Waals surface area contributed by atoms with Crippen LogP contribution in [0.25, 0.3) is 0 Å². The van der Waals surface area contributed by atoms with Crippen LogP contribution < -0.4 is 14.8 Å². The van der Waals surface area contributed by atoms with Gasteiger partial charge in [0.05, 0.1) is 4.90 Å². The van der Waals surface area contributed by atoms with Crippen molar-refractivity contribution in [2.75, 3.05) is 32.8 Å². The first-order valence-corrected chi connectivity index (χ1v) is 12.2. The first kappa shape index (κ1) is 20.5. The molecule has 160 valence electrons. The number of sulfonamides is 1. The van der Waals surface area contributed by atoms with E-state index in [9.17, 15) is 13.2 Å². The van der Waals surface area contributed by atoms with E-state index < -0.39 is 10.0 Å². The Bertz CT molecular complexity index is 827. The largest absolute Gasteiger partial charge is 0.486 e. The summed E-state index contributed by atoms with van der Waals surface area (Å²) in [6.07, 6.45) is 7.34. The molecule has 0 radical (unpaired) electrons. The normalized spacial score (nSPS) is 21.7. The zero-order valence-corrected chi connectivity index (χ0v) is 17.6. The van der Waals surface area contributed by atoms with Gasteiger partial charge in [-0.15, -0.1) is 0 Å². The minimum absolute atomic E-state index is 0.0759. The number of carbonyl (C=O) groups excluding carboxylic acids is 1. The number of amides is 1. The molecule has 7 nitrogen and oxygen atoms in total. The molecule has 8 heteroatoms. The van der Waals surface area contributed by atoms with E-state index >= 15 is 0 Å². The number of ether oxygens (including phenoxy) is 2. The van der Waals surface area contributed by atoms with Crippen LogP contribution in [0.15, 0.2) is 23.1 Å². The van der Waals surface area contributed by atoms with Crippen molar-refractivity contribution in [2.45, 2.75) is 49.8 Å². The predicted octanol–water partition coefficient (Wildman–Crippen LogP) is 2.56. The third kappa shape index (κ3) is 4.69. The lowest BCUT2D eigenvalue weighted by molar-refractivity contribution is -0.126. The Morgan fingerprint density at radius 3 is 2.41 bits per heavy atom. The number of hydrogen-bond acceptors (Lipinski definition) is 5. The fourth-order valence-electron chi connectivity index (χ4n) is 4.47. The van der Waals surface area contributed by atoms with Gasteiger partial charge >= 0.3 is 0 Å². The van der Waals surface area contributed by atoms with Crippen molar-refractivity contribution in [1.29, 1.82) is 0 Å². The molecule has 1 aromatic carbocycles. The summed E-state index contributed by atoms with van der Waals surface area (Å²) < 4.78 is 38.5. The zero-order valence-electron chi connectivity index (χ0n) is 16.8. The van der Waals surface area contributed by atoms with Crippen LogP contribution in [0.2, 0.25) is 0 Å². The molecule has 1 saturated heterocycles. The van der Waals surface area contributed by atoms with Gasteiger partial charge in [0.25, 0.3) is 0 Å². The monoisotopic (exact) mass is 422 g/mol. The minimum Gasteiger partial charge on any atom is -0.486 e. The molecule has 0 spiro atoms. The van der Waals surface area contributed by atoms with E-state index in [1.807, 2.05) is 0 Å². The third-order valence-corrected chi connectivity index (χ3v) is 8.16. The molecule has 1 N–H and O–H groups in total. The van der Waals surface area contributed by atoms with E-state index in [2.05, 4.69) is 5.32 Å². The van der Waals surface area contributed by atoms with Crippen LogP contribution in [0.4, 0.5) is 0 Å². The number of hydrogen-bond donors (Lipinski definition) is 1.